The van der Waals surface area contributed by atoms with Gasteiger partial charge >= 0.3 is 0 Å². The first-order valence-electron chi connectivity index (χ1n) is 19.9. The van der Waals surface area contributed by atoms with E-state index in [1.54, 1.807) is 124 Å². The Morgan fingerprint density at radius 3 is 1.18 bits per heavy atom. The van der Waals surface area contributed by atoms with Crippen LogP contribution in [0.5, 0.6) is 0 Å². The predicted octanol–water partition coefficient (Wildman–Crippen LogP) is 6.09. The van der Waals surface area contributed by atoms with E-state index in [1.165, 1.54) is 12.1 Å². The smallest absolute Gasteiger partial charge is 0.294 e. The van der Waals surface area contributed by atoms with Crippen molar-refractivity contribution < 1.29 is 55.7 Å². The molecule has 0 aliphatic carbocycles. The van der Waals surface area contributed by atoms with Crippen LogP contribution in [0, 0.1) is 41.5 Å². The zero-order valence-corrected chi connectivity index (χ0v) is 40.5. The molecule has 0 amide bonds. The average molecular weight is 993 g/mol. The van der Waals surface area contributed by atoms with Gasteiger partial charge < -0.3 is 9.80 Å². The van der Waals surface area contributed by atoms with Crippen molar-refractivity contribution in [3.8, 4) is 0 Å². The highest BCUT2D eigenvalue weighted by molar-refractivity contribution is 7.89. The Hall–Kier alpha value is -4.75. The lowest BCUT2D eigenvalue weighted by atomic mass is 9.85. The molecular weight excluding hydrogens is 941 g/mol. The summed E-state index contributed by atoms with van der Waals surface area (Å²) in [6, 6.07) is 22.6. The number of aryl methyl sites for hydroxylation is 4. The van der Waals surface area contributed by atoms with Crippen LogP contribution in [0.25, 0.3) is 0 Å². The topological polar surface area (TPSA) is 290 Å². The van der Waals surface area contributed by atoms with Gasteiger partial charge in [-0.2, -0.15) is 25.3 Å². The fourth-order valence-electron chi connectivity index (χ4n) is 8.77. The highest BCUT2D eigenvalue weighted by atomic mass is 32.2. The second-order valence-electron chi connectivity index (χ2n) is 15.9. The number of primary sulfonamides is 2. The molecular formula is C43H52N4O13S5. The molecule has 352 valence electrons. The number of nitrogens with zero attached hydrogens (tertiary/aromatic N) is 2. The van der Waals surface area contributed by atoms with E-state index in [2.05, 4.69) is 0 Å². The normalized spacial score (nSPS) is 12.7. The molecule has 22 heteroatoms. The molecule has 0 heterocycles. The zero-order chi connectivity index (χ0) is 48.6. The van der Waals surface area contributed by atoms with Gasteiger partial charge in [-0.15, -0.1) is 0 Å². The molecule has 5 aromatic rings. The maximum atomic E-state index is 12.9. The summed E-state index contributed by atoms with van der Waals surface area (Å²) in [5.74, 6) is -2.07. The standard InChI is InChI=1S/C43H52N4O13S5/c1-27-25-29(3)42(63(44,54)55)31(5)40(27)46(21-9-23-61(48,49)50)35-17-13-33(14-18-35)39(37-11-7-8-12-38(37)65(58,59)60)34-15-19-36(20-16-34)47(22-10-24-62(51,52)53)41-28(2)26-30(4)43(32(41)6)64(45,56)57/h7-8,11-20,25-26,39H,9-10,21-24H2,1-6H3,(H2,44,54,55)(H2,45,56,57)(H,48,49,50)(H,51,52,53)(H,58,59,60). The van der Waals surface area contributed by atoms with Crippen molar-refractivity contribution in [3.63, 3.8) is 0 Å². The molecule has 0 unspecified atom stereocenters. The average Bonchev–Trinajstić information content (AvgIpc) is 3.15. The van der Waals surface area contributed by atoms with Crippen molar-refractivity contribution in [2.45, 2.75) is 75.0 Å². The Labute approximate surface area is 381 Å². The van der Waals surface area contributed by atoms with Gasteiger partial charge in [0, 0.05) is 41.8 Å². The van der Waals surface area contributed by atoms with Gasteiger partial charge in [-0.1, -0.05) is 54.6 Å². The van der Waals surface area contributed by atoms with E-state index in [1.807, 2.05) is 0 Å². The molecule has 17 nitrogen and oxygen atoms in total. The first-order valence-corrected chi connectivity index (χ1v) is 27.6. The molecule has 0 spiro atoms. The molecule has 0 bridgehead atoms. The lowest BCUT2D eigenvalue weighted by molar-refractivity contribution is 0.479. The number of hydrogen-bond acceptors (Lipinski definition) is 12. The minimum absolute atomic E-state index is 0.00376. The molecule has 0 aliphatic rings. The molecule has 0 aromatic heterocycles. The largest absolute Gasteiger partial charge is 0.341 e. The first-order chi connectivity index (χ1) is 29.9. The van der Waals surface area contributed by atoms with Gasteiger partial charge in [-0.3, -0.25) is 13.7 Å². The lowest BCUT2D eigenvalue weighted by Crippen LogP contribution is -2.25. The number of hydrogen-bond donors (Lipinski definition) is 5. The van der Waals surface area contributed by atoms with Crippen molar-refractivity contribution in [3.05, 3.63) is 135 Å². The summed E-state index contributed by atoms with van der Waals surface area (Å²) in [7, 11) is -21.9. The van der Waals surface area contributed by atoms with E-state index in [4.69, 9.17) is 10.3 Å². The summed E-state index contributed by atoms with van der Waals surface area (Å²) in [4.78, 5) is 2.83. The molecule has 0 fully saturated rings. The van der Waals surface area contributed by atoms with Gasteiger partial charge in [-0.05, 0) is 135 Å². The highest BCUT2D eigenvalue weighted by Crippen LogP contribution is 2.42. The van der Waals surface area contributed by atoms with Gasteiger partial charge in [0.1, 0.15) is 0 Å². The number of rotatable bonds is 18. The van der Waals surface area contributed by atoms with Crippen LogP contribution in [0.2, 0.25) is 0 Å². The predicted molar refractivity (Wildman–Crippen MR) is 250 cm³/mol. The fraction of sp³-hybridized carbons (Fsp3) is 0.302. The number of benzene rings is 5. The van der Waals surface area contributed by atoms with Gasteiger partial charge in [-0.25, -0.2) is 27.1 Å². The van der Waals surface area contributed by atoms with Crippen LogP contribution in [-0.4, -0.2) is 80.3 Å². The summed E-state index contributed by atoms with van der Waals surface area (Å²) in [6.45, 7) is 9.90. The Balaban J connectivity index is 1.70. The van der Waals surface area contributed by atoms with Gasteiger partial charge in [0.2, 0.25) is 20.0 Å². The van der Waals surface area contributed by atoms with Crippen LogP contribution >= 0.6 is 0 Å². The maximum absolute atomic E-state index is 12.9. The van der Waals surface area contributed by atoms with E-state index in [0.717, 1.165) is 0 Å². The second-order valence-corrected chi connectivity index (χ2v) is 23.5. The quantitative estimate of drug-likeness (QED) is 0.0490. The number of nitrogens with two attached hydrogens (primary N) is 2. The highest BCUT2D eigenvalue weighted by Gasteiger charge is 2.29. The van der Waals surface area contributed by atoms with E-state index < -0.39 is 67.8 Å². The van der Waals surface area contributed by atoms with Crippen LogP contribution in [0.4, 0.5) is 22.7 Å². The minimum Gasteiger partial charge on any atom is -0.341 e. The van der Waals surface area contributed by atoms with Crippen LogP contribution in [0.3, 0.4) is 0 Å². The Morgan fingerprint density at radius 1 is 0.508 bits per heavy atom. The summed E-state index contributed by atoms with van der Waals surface area (Å²) in [5, 5.41) is 11.3. The van der Waals surface area contributed by atoms with Gasteiger partial charge in [0.05, 0.1) is 26.2 Å². The van der Waals surface area contributed by atoms with E-state index in [0.29, 0.717) is 67.3 Å². The van der Waals surface area contributed by atoms with E-state index >= 15 is 0 Å². The Bertz CT molecular complexity index is 3020. The van der Waals surface area contributed by atoms with Crippen molar-refractivity contribution in [2.75, 3.05) is 34.4 Å². The Morgan fingerprint density at radius 2 is 0.862 bits per heavy atom. The third-order valence-electron chi connectivity index (χ3n) is 11.0. The lowest BCUT2D eigenvalue weighted by Gasteiger charge is -2.31. The minimum atomic E-state index is -4.79. The van der Waals surface area contributed by atoms with Gasteiger partial charge in [0.15, 0.2) is 0 Å². The van der Waals surface area contributed by atoms with E-state index in [-0.39, 0.29) is 46.2 Å². The maximum Gasteiger partial charge on any atom is 0.294 e. The van der Waals surface area contributed by atoms with Crippen molar-refractivity contribution in [2.24, 2.45) is 10.3 Å². The molecule has 0 atom stereocenters. The first kappa shape index (κ1) is 51.2. The number of anilines is 4. The van der Waals surface area contributed by atoms with Crippen LogP contribution < -0.4 is 20.1 Å². The molecule has 5 rings (SSSR count). The summed E-state index contributed by atoms with van der Waals surface area (Å²) >= 11 is 0. The van der Waals surface area contributed by atoms with Crippen molar-refractivity contribution >= 4 is 73.2 Å². The SMILES string of the molecule is Cc1cc(C)c(S(N)(=O)=O)c(C)c1N(CCCS(=O)(=O)O)c1ccc(C(c2ccc(N(CCCS(=O)(=O)O)c3c(C)cc(C)c(S(N)(=O)=O)c3C)cc2)c2ccccc2S(=O)(=O)O)cc1. The monoisotopic (exact) mass is 992 g/mol. The third kappa shape index (κ3) is 12.2. The molecule has 0 saturated heterocycles. The Kier molecular flexibility index (Phi) is 15.2. The molecule has 5 aromatic carbocycles. The third-order valence-corrected chi connectivity index (χ3v) is 15.9. The van der Waals surface area contributed by atoms with Crippen LogP contribution in [0.1, 0.15) is 68.8 Å². The zero-order valence-electron chi connectivity index (χ0n) is 36.4. The molecule has 65 heavy (non-hydrogen) atoms. The molecule has 0 radical (unpaired) electrons. The van der Waals surface area contributed by atoms with Gasteiger partial charge in [0.25, 0.3) is 30.4 Å². The molecule has 0 aliphatic heterocycles. The second kappa shape index (κ2) is 19.2. The van der Waals surface area contributed by atoms with Crippen molar-refractivity contribution in [1.82, 2.24) is 0 Å². The van der Waals surface area contributed by atoms with Crippen LogP contribution in [-0.2, 0) is 50.4 Å². The number of sulfonamides is 2. The molecule has 7 N–H and O–H groups in total. The van der Waals surface area contributed by atoms with Crippen LogP contribution in [0.15, 0.2) is 99.6 Å². The fourth-order valence-corrected chi connectivity index (χ4v) is 12.6. The van der Waals surface area contributed by atoms with E-state index in [9.17, 15) is 55.7 Å². The summed E-state index contributed by atoms with van der Waals surface area (Å²) in [6.07, 6.45) is -0.126. The van der Waals surface area contributed by atoms with Crippen molar-refractivity contribution in [1.29, 1.82) is 0 Å². The molecule has 0 saturated carbocycles. The summed E-state index contributed by atoms with van der Waals surface area (Å²) < 4.78 is 153. The summed E-state index contributed by atoms with van der Waals surface area (Å²) in [5.41, 5.74) is 5.77.